The fourth-order valence-corrected chi connectivity index (χ4v) is 7.56. The largest absolute Gasteiger partial charge is 0.415 e. The van der Waals surface area contributed by atoms with Gasteiger partial charge < -0.3 is 8.98 Å². The maximum atomic E-state index is 12.8. The van der Waals surface area contributed by atoms with Gasteiger partial charge in [-0.15, -0.1) is 10.2 Å². The van der Waals surface area contributed by atoms with Crippen LogP contribution in [0, 0.1) is 31.6 Å². The van der Waals surface area contributed by atoms with Crippen LogP contribution in [0.2, 0.25) is 0 Å². The molecule has 0 spiro atoms. The molecule has 0 saturated heterocycles. The van der Waals surface area contributed by atoms with Gasteiger partial charge in [-0.05, 0) is 90.0 Å². The molecule has 0 N–H and O–H groups in total. The van der Waals surface area contributed by atoms with Gasteiger partial charge in [0.05, 0.1) is 5.75 Å². The Kier molecular flexibility index (Phi) is 4.68. The Labute approximate surface area is 177 Å². The number of aryl methyl sites for hydroxylation is 1. The van der Waals surface area contributed by atoms with Crippen molar-refractivity contribution in [2.45, 2.75) is 82.9 Å². The van der Waals surface area contributed by atoms with Crippen LogP contribution >= 0.6 is 11.8 Å². The quantitative estimate of drug-likeness (QED) is 0.461. The van der Waals surface area contributed by atoms with Gasteiger partial charge in [-0.3, -0.25) is 4.79 Å². The highest BCUT2D eigenvalue weighted by Gasteiger charge is 2.54. The van der Waals surface area contributed by atoms with Crippen molar-refractivity contribution in [2.24, 2.45) is 17.8 Å². The molecule has 4 saturated carbocycles. The molecule has 0 atom stereocenters. The summed E-state index contributed by atoms with van der Waals surface area (Å²) >= 11 is 1.38. The molecular formula is C23H31N3O2S. The smallest absolute Gasteiger partial charge is 0.277 e. The van der Waals surface area contributed by atoms with Crippen LogP contribution in [0.4, 0.5) is 0 Å². The standard InChI is InChI=1S/C23H31N3O2S/c1-13(2)26-14(3)5-19(15(26)4)20(27)12-29-22-25-24-21(28-22)23-9-16-6-17(10-23)8-18(7-16)11-23/h5,13,16-18H,6-12H2,1-4H3. The van der Waals surface area contributed by atoms with Gasteiger partial charge in [0.1, 0.15) is 0 Å². The highest BCUT2D eigenvalue weighted by Crippen LogP contribution is 2.60. The number of ketones is 1. The second-order valence-electron chi connectivity index (χ2n) is 10.0. The number of carbonyl (C=O) groups is 1. The lowest BCUT2D eigenvalue weighted by atomic mass is 9.49. The van der Waals surface area contributed by atoms with Gasteiger partial charge in [0.25, 0.3) is 5.22 Å². The molecule has 0 amide bonds. The lowest BCUT2D eigenvalue weighted by molar-refractivity contribution is -0.0191. The summed E-state index contributed by atoms with van der Waals surface area (Å²) in [5.74, 6) is 3.85. The zero-order valence-electron chi connectivity index (χ0n) is 17.9. The lowest BCUT2D eigenvalue weighted by Crippen LogP contribution is -2.48. The number of Topliss-reactive ketones (excluding diaryl/α,β-unsaturated/α-hetero) is 1. The van der Waals surface area contributed by atoms with Crippen LogP contribution in [0.25, 0.3) is 0 Å². The molecule has 4 fully saturated rings. The van der Waals surface area contributed by atoms with E-state index in [1.807, 2.05) is 13.0 Å². The highest BCUT2D eigenvalue weighted by atomic mass is 32.2. The van der Waals surface area contributed by atoms with Crippen LogP contribution in [0.3, 0.4) is 0 Å². The molecule has 2 aromatic heterocycles. The van der Waals surface area contributed by atoms with E-state index in [-0.39, 0.29) is 11.2 Å². The molecule has 0 aliphatic heterocycles. The van der Waals surface area contributed by atoms with Crippen LogP contribution < -0.4 is 0 Å². The summed E-state index contributed by atoms with van der Waals surface area (Å²) in [6.45, 7) is 8.39. The van der Waals surface area contributed by atoms with Crippen molar-refractivity contribution in [3.8, 4) is 0 Å². The van der Waals surface area contributed by atoms with Gasteiger partial charge >= 0.3 is 0 Å². The zero-order valence-corrected chi connectivity index (χ0v) is 18.7. The van der Waals surface area contributed by atoms with E-state index in [1.165, 1.54) is 50.3 Å². The number of aromatic nitrogens is 3. The summed E-state index contributed by atoms with van der Waals surface area (Å²) in [5.41, 5.74) is 3.10. The van der Waals surface area contributed by atoms with E-state index in [4.69, 9.17) is 4.42 Å². The molecule has 4 bridgehead atoms. The molecule has 6 heteroatoms. The predicted molar refractivity (Wildman–Crippen MR) is 113 cm³/mol. The predicted octanol–water partition coefficient (Wildman–Crippen LogP) is 5.51. The summed E-state index contributed by atoms with van der Waals surface area (Å²) < 4.78 is 8.35. The second-order valence-corrected chi connectivity index (χ2v) is 11.0. The molecule has 0 radical (unpaired) electrons. The van der Waals surface area contributed by atoms with Gasteiger partial charge in [-0.2, -0.15) is 0 Å². The molecular weight excluding hydrogens is 382 g/mol. The summed E-state index contributed by atoms with van der Waals surface area (Å²) in [7, 11) is 0. The van der Waals surface area contributed by atoms with Crippen LogP contribution in [0.15, 0.2) is 15.7 Å². The molecule has 29 heavy (non-hydrogen) atoms. The molecule has 4 aliphatic carbocycles. The Morgan fingerprint density at radius 1 is 1.17 bits per heavy atom. The zero-order chi connectivity index (χ0) is 20.3. The van der Waals surface area contributed by atoms with E-state index in [0.717, 1.165) is 40.6 Å². The molecule has 156 valence electrons. The maximum absolute atomic E-state index is 12.8. The van der Waals surface area contributed by atoms with E-state index in [2.05, 4.69) is 35.5 Å². The molecule has 2 heterocycles. The van der Waals surface area contributed by atoms with E-state index in [1.54, 1.807) is 0 Å². The van der Waals surface area contributed by atoms with Gasteiger partial charge in [-0.1, -0.05) is 11.8 Å². The van der Waals surface area contributed by atoms with Crippen molar-refractivity contribution in [3.05, 3.63) is 28.9 Å². The number of hydrogen-bond donors (Lipinski definition) is 0. The van der Waals surface area contributed by atoms with E-state index in [9.17, 15) is 4.79 Å². The molecule has 6 rings (SSSR count). The van der Waals surface area contributed by atoms with Gasteiger partial charge in [0.15, 0.2) is 5.78 Å². The Bertz CT molecular complexity index is 907. The van der Waals surface area contributed by atoms with Gasteiger partial charge in [0, 0.05) is 28.4 Å². The van der Waals surface area contributed by atoms with Crippen molar-refractivity contribution in [3.63, 3.8) is 0 Å². The molecule has 4 aliphatic rings. The normalized spacial score (nSPS) is 30.4. The highest BCUT2D eigenvalue weighted by molar-refractivity contribution is 7.99. The Morgan fingerprint density at radius 2 is 1.79 bits per heavy atom. The van der Waals surface area contributed by atoms with Crippen molar-refractivity contribution in [1.29, 1.82) is 0 Å². The van der Waals surface area contributed by atoms with E-state index < -0.39 is 0 Å². The number of thioether (sulfide) groups is 1. The third-order valence-corrected chi connectivity index (χ3v) is 8.34. The number of nitrogens with zero attached hydrogens (tertiary/aromatic N) is 3. The monoisotopic (exact) mass is 413 g/mol. The Morgan fingerprint density at radius 3 is 2.34 bits per heavy atom. The fourth-order valence-electron chi connectivity index (χ4n) is 6.91. The molecule has 0 unspecified atom stereocenters. The lowest BCUT2D eigenvalue weighted by Gasteiger charge is -2.55. The summed E-state index contributed by atoms with van der Waals surface area (Å²) in [5, 5.41) is 9.31. The van der Waals surface area contributed by atoms with Crippen LogP contribution in [-0.2, 0) is 5.41 Å². The molecule has 0 aromatic carbocycles. The Hall–Kier alpha value is -1.56. The van der Waals surface area contributed by atoms with Crippen LogP contribution in [0.5, 0.6) is 0 Å². The first-order chi connectivity index (χ1) is 13.8. The minimum absolute atomic E-state index is 0.118. The van der Waals surface area contributed by atoms with Gasteiger partial charge in [-0.25, -0.2) is 0 Å². The van der Waals surface area contributed by atoms with Crippen molar-refractivity contribution >= 4 is 17.5 Å². The number of hydrogen-bond acceptors (Lipinski definition) is 5. The third kappa shape index (κ3) is 3.28. The van der Waals surface area contributed by atoms with Crippen molar-refractivity contribution in [1.82, 2.24) is 14.8 Å². The first kappa shape index (κ1) is 19.4. The molecule has 5 nitrogen and oxygen atoms in total. The first-order valence-corrected chi connectivity index (χ1v) is 12.0. The average molecular weight is 414 g/mol. The van der Waals surface area contributed by atoms with Crippen LogP contribution in [-0.4, -0.2) is 26.3 Å². The average Bonchev–Trinajstić information content (AvgIpc) is 3.23. The number of rotatable bonds is 6. The van der Waals surface area contributed by atoms with E-state index in [0.29, 0.717) is 17.0 Å². The summed E-state index contributed by atoms with van der Waals surface area (Å²) in [6, 6.07) is 2.36. The number of carbonyl (C=O) groups excluding carboxylic acids is 1. The first-order valence-electron chi connectivity index (χ1n) is 11.0. The third-order valence-electron chi connectivity index (χ3n) is 7.53. The van der Waals surface area contributed by atoms with E-state index >= 15 is 0 Å². The summed E-state index contributed by atoms with van der Waals surface area (Å²) in [6.07, 6.45) is 7.84. The topological polar surface area (TPSA) is 60.9 Å². The molecule has 2 aromatic rings. The summed E-state index contributed by atoms with van der Waals surface area (Å²) in [4.78, 5) is 12.8. The van der Waals surface area contributed by atoms with Crippen molar-refractivity contribution in [2.75, 3.05) is 5.75 Å². The SMILES string of the molecule is Cc1cc(C(=O)CSc2nnc(C34CC5CC(CC(C5)C3)C4)o2)c(C)n1C(C)C. The minimum Gasteiger partial charge on any atom is -0.415 e. The van der Waals surface area contributed by atoms with Crippen LogP contribution in [0.1, 0.15) is 86.1 Å². The fraction of sp³-hybridized carbons (Fsp3) is 0.696. The van der Waals surface area contributed by atoms with Crippen molar-refractivity contribution < 1.29 is 9.21 Å². The minimum atomic E-state index is 0.118. The Balaban J connectivity index is 1.28. The second kappa shape index (κ2) is 7.00. The van der Waals surface area contributed by atoms with Gasteiger partial charge in [0.2, 0.25) is 5.89 Å². The maximum Gasteiger partial charge on any atom is 0.277 e.